The molecule has 2 N–H and O–H groups in total. The van der Waals surface area contributed by atoms with Crippen molar-refractivity contribution in [2.75, 3.05) is 44.9 Å². The van der Waals surface area contributed by atoms with Crippen molar-refractivity contribution in [3.05, 3.63) is 58.5 Å². The van der Waals surface area contributed by atoms with Gasteiger partial charge in [0.2, 0.25) is 5.96 Å². The van der Waals surface area contributed by atoms with Gasteiger partial charge in [-0.1, -0.05) is 0 Å². The molecule has 2 aromatic heterocycles. The Morgan fingerprint density at radius 1 is 1.27 bits per heavy atom. The van der Waals surface area contributed by atoms with Crippen LogP contribution in [0.2, 0.25) is 0 Å². The van der Waals surface area contributed by atoms with Gasteiger partial charge in [-0.2, -0.15) is 18.2 Å². The number of nitrogens with one attached hydrogen (secondary N) is 2. The molecule has 0 aliphatic carbocycles. The molecule has 4 heterocycles. The van der Waals surface area contributed by atoms with Crippen LogP contribution in [0.4, 0.5) is 29.5 Å². The number of aliphatic imine (C=N–C) groups is 2. The minimum atomic E-state index is -4.65. The predicted octanol–water partition coefficient (Wildman–Crippen LogP) is 3.32. The average molecular weight is 597 g/mol. The molecular formula is C25H28ClF3N8O4. The largest absolute Gasteiger partial charge is 0.458 e. The normalized spacial score (nSPS) is 20.2. The van der Waals surface area contributed by atoms with Gasteiger partial charge in [0, 0.05) is 39.1 Å². The summed E-state index contributed by atoms with van der Waals surface area (Å²) >= 11 is 6.96. The molecule has 2 aliphatic heterocycles. The van der Waals surface area contributed by atoms with Crippen LogP contribution < -0.4 is 20.9 Å². The molecule has 2 unspecified atom stereocenters. The quantitative estimate of drug-likeness (QED) is 0.467. The monoisotopic (exact) mass is 596 g/mol. The van der Waals surface area contributed by atoms with E-state index in [1.54, 1.807) is 24.9 Å². The van der Waals surface area contributed by atoms with Crippen LogP contribution in [0.1, 0.15) is 12.5 Å². The van der Waals surface area contributed by atoms with E-state index in [1.807, 2.05) is 19.0 Å². The number of alkyl halides is 4. The van der Waals surface area contributed by atoms with E-state index in [4.69, 9.17) is 21.1 Å². The number of carbonyl (C=O) groups excluding carboxylic acids is 1. The molecule has 12 nitrogen and oxygen atoms in total. The highest BCUT2D eigenvalue weighted by atomic mass is 35.5. The van der Waals surface area contributed by atoms with Gasteiger partial charge in [-0.3, -0.25) is 10.1 Å². The maximum absolute atomic E-state index is 13.3. The number of likely N-dealkylation sites (N-methyl/N-ethyl adjacent to an activating group) is 2. The second-order valence-electron chi connectivity index (χ2n) is 9.73. The third-order valence-corrected chi connectivity index (χ3v) is 6.61. The maximum atomic E-state index is 13.3. The highest BCUT2D eigenvalue weighted by Crippen LogP contribution is 2.39. The molecule has 1 amide bonds. The van der Waals surface area contributed by atoms with Crippen LogP contribution in [0.5, 0.6) is 5.75 Å². The van der Waals surface area contributed by atoms with Gasteiger partial charge in [-0.15, -0.1) is 11.6 Å². The van der Waals surface area contributed by atoms with Gasteiger partial charge >= 0.3 is 12.3 Å². The molecule has 16 heteroatoms. The van der Waals surface area contributed by atoms with Crippen molar-refractivity contribution in [2.45, 2.75) is 24.0 Å². The molecule has 0 saturated carbocycles. The van der Waals surface area contributed by atoms with E-state index < -0.39 is 34.3 Å². The second kappa shape index (κ2) is 11.4. The summed E-state index contributed by atoms with van der Waals surface area (Å²) in [6, 6.07) is 3.06. The Balaban J connectivity index is 1.50. The number of aryl methyl sites for hydroxylation is 1. The van der Waals surface area contributed by atoms with E-state index in [1.165, 1.54) is 25.5 Å². The van der Waals surface area contributed by atoms with Crippen molar-refractivity contribution < 1.29 is 27.4 Å². The van der Waals surface area contributed by atoms with Crippen molar-refractivity contribution >= 4 is 41.0 Å². The minimum Gasteiger partial charge on any atom is -0.458 e. The summed E-state index contributed by atoms with van der Waals surface area (Å²) in [6.07, 6.45) is -1.80. The van der Waals surface area contributed by atoms with Crippen LogP contribution in [0, 0.1) is 0 Å². The molecule has 2 aliphatic rings. The van der Waals surface area contributed by atoms with Crippen LogP contribution in [0.25, 0.3) is 0 Å². The van der Waals surface area contributed by atoms with Crippen molar-refractivity contribution in [3.63, 3.8) is 0 Å². The lowest BCUT2D eigenvalue weighted by atomic mass is 9.95. The maximum Gasteiger partial charge on any atom is 0.417 e. The van der Waals surface area contributed by atoms with Crippen LogP contribution in [0.3, 0.4) is 0 Å². The lowest BCUT2D eigenvalue weighted by Crippen LogP contribution is -2.52. The Morgan fingerprint density at radius 3 is 2.68 bits per heavy atom. The Bertz CT molecular complexity index is 1490. The van der Waals surface area contributed by atoms with Crippen molar-refractivity contribution in [3.8, 4) is 5.75 Å². The molecule has 2 atom stereocenters. The fourth-order valence-corrected chi connectivity index (χ4v) is 4.42. The average Bonchev–Trinajstić information content (AvgIpc) is 3.19. The third-order valence-electron chi connectivity index (χ3n) is 6.21. The number of carbonyl (C=O) groups is 1. The Morgan fingerprint density at radius 2 is 2.00 bits per heavy atom. The van der Waals surface area contributed by atoms with Crippen molar-refractivity contribution in [1.29, 1.82) is 0 Å². The molecule has 41 heavy (non-hydrogen) atoms. The summed E-state index contributed by atoms with van der Waals surface area (Å²) in [6.45, 7) is 2.42. The fraction of sp³-hybridized carbons (Fsp3) is 0.400. The number of ether oxygens (including phenoxy) is 2. The van der Waals surface area contributed by atoms with E-state index in [2.05, 4.69) is 25.6 Å². The number of anilines is 2. The van der Waals surface area contributed by atoms with Gasteiger partial charge in [0.05, 0.1) is 11.8 Å². The zero-order valence-electron chi connectivity index (χ0n) is 22.8. The fourth-order valence-electron chi connectivity index (χ4n) is 4.09. The highest BCUT2D eigenvalue weighted by molar-refractivity contribution is 6.30. The van der Waals surface area contributed by atoms with Gasteiger partial charge < -0.3 is 29.2 Å². The Hall–Kier alpha value is -4.11. The first kappa shape index (κ1) is 29.9. The number of hydrogen-bond acceptors (Lipinski definition) is 10. The molecule has 0 radical (unpaired) electrons. The molecule has 2 aromatic rings. The number of amidine groups is 1. The van der Waals surface area contributed by atoms with Crippen LogP contribution in [0.15, 0.2) is 57.3 Å². The molecule has 0 bridgehead atoms. The lowest BCUT2D eigenvalue weighted by molar-refractivity contribution is -0.138. The van der Waals surface area contributed by atoms with Crippen LogP contribution in [-0.4, -0.2) is 82.4 Å². The molecule has 4 rings (SSSR count). The van der Waals surface area contributed by atoms with Crippen molar-refractivity contribution in [1.82, 2.24) is 19.4 Å². The van der Waals surface area contributed by atoms with E-state index in [0.717, 1.165) is 16.8 Å². The van der Waals surface area contributed by atoms with E-state index in [9.17, 15) is 22.8 Å². The van der Waals surface area contributed by atoms with E-state index in [-0.39, 0.29) is 35.7 Å². The van der Waals surface area contributed by atoms with Crippen LogP contribution >= 0.6 is 11.6 Å². The SMILES string of the molecule is CN(C)CCOC(=O)Nc1cc(OC2=CN=C3N=C(Nc4cc(C(F)(F)F)cn(C)c4=O)N(C)C3C2(C)Cl)ccn1. The number of hydrogen-bond donors (Lipinski definition) is 2. The molecular weight excluding hydrogens is 569 g/mol. The number of halogens is 4. The first-order valence-electron chi connectivity index (χ1n) is 12.2. The van der Waals surface area contributed by atoms with Gasteiger partial charge in [-0.25, -0.2) is 14.8 Å². The number of rotatable bonds is 7. The minimum absolute atomic E-state index is 0.0786. The first-order chi connectivity index (χ1) is 19.2. The number of aromatic nitrogens is 2. The number of pyridine rings is 2. The standard InChI is InChI=1S/C25H28ClF3N8O4/c1-24(26)17(41-15-6-7-30-18(11-15)33-23(39)40-9-8-35(2)3)12-31-20-19(24)37(5)22(34-20)32-16-10-14(25(27,28)29)13-36(4)21(16)38/h6-7,10-13,19H,8-9H2,1-5H3,(H,30,33,39)(H,31,32,34). The summed E-state index contributed by atoms with van der Waals surface area (Å²) < 4.78 is 51.9. The van der Waals surface area contributed by atoms with Gasteiger partial charge in [0.1, 0.15) is 40.5 Å². The molecule has 0 spiro atoms. The van der Waals surface area contributed by atoms with Crippen LogP contribution in [-0.2, 0) is 18.0 Å². The summed E-state index contributed by atoms with van der Waals surface area (Å²) in [4.78, 5) is 39.5. The first-order valence-corrected chi connectivity index (χ1v) is 12.6. The molecule has 0 aromatic carbocycles. The zero-order valence-corrected chi connectivity index (χ0v) is 23.5. The molecule has 220 valence electrons. The molecule has 0 fully saturated rings. The summed E-state index contributed by atoms with van der Waals surface area (Å²) in [5, 5.41) is 5.22. The number of amides is 1. The van der Waals surface area contributed by atoms with Crippen molar-refractivity contribution in [2.24, 2.45) is 17.0 Å². The van der Waals surface area contributed by atoms with E-state index >= 15 is 0 Å². The highest BCUT2D eigenvalue weighted by Gasteiger charge is 2.50. The summed E-state index contributed by atoms with van der Waals surface area (Å²) in [7, 11) is 6.54. The molecule has 0 saturated heterocycles. The lowest BCUT2D eigenvalue weighted by Gasteiger charge is -2.37. The summed E-state index contributed by atoms with van der Waals surface area (Å²) in [5.74, 6) is 1.06. The Kier molecular flexibility index (Phi) is 8.31. The predicted molar refractivity (Wildman–Crippen MR) is 147 cm³/mol. The van der Waals surface area contributed by atoms with Gasteiger partial charge in [0.15, 0.2) is 5.84 Å². The number of guanidine groups is 1. The number of nitrogens with zero attached hydrogens (tertiary/aromatic N) is 6. The Labute approximate surface area is 238 Å². The smallest absolute Gasteiger partial charge is 0.417 e. The van der Waals surface area contributed by atoms with E-state index in [0.29, 0.717) is 12.3 Å². The number of fused-ring (bicyclic) bond motifs is 1. The second-order valence-corrected chi connectivity index (χ2v) is 10.5. The van der Waals surface area contributed by atoms with Gasteiger partial charge in [0.25, 0.3) is 5.56 Å². The topological polar surface area (TPSA) is 126 Å². The third kappa shape index (κ3) is 6.62. The zero-order chi connectivity index (χ0) is 30.1. The van der Waals surface area contributed by atoms with Gasteiger partial charge in [-0.05, 0) is 33.2 Å². The summed E-state index contributed by atoms with van der Waals surface area (Å²) in [5.41, 5.74) is -1.99.